The number of ether oxygens (including phenoxy) is 2. The van der Waals surface area contributed by atoms with Crippen LogP contribution in [0.4, 0.5) is 10.6 Å². The molecule has 0 aliphatic rings. The second kappa shape index (κ2) is 10.4. The van der Waals surface area contributed by atoms with Gasteiger partial charge < -0.3 is 9.47 Å². The van der Waals surface area contributed by atoms with Crippen molar-refractivity contribution in [1.82, 2.24) is 25.2 Å². The van der Waals surface area contributed by atoms with Crippen LogP contribution in [0.25, 0.3) is 5.57 Å². The average Bonchev–Trinajstić information content (AvgIpc) is 3.18. The molecular weight excluding hydrogens is 384 g/mol. The van der Waals surface area contributed by atoms with Crippen LogP contribution in [-0.2, 0) is 23.1 Å². The van der Waals surface area contributed by atoms with Gasteiger partial charge in [0.1, 0.15) is 19.0 Å². The van der Waals surface area contributed by atoms with Gasteiger partial charge in [-0.3, -0.25) is 5.32 Å². The van der Waals surface area contributed by atoms with E-state index in [1.54, 1.807) is 36.2 Å². The zero-order chi connectivity index (χ0) is 21.2. The number of carbonyl (C=O) groups excluding carboxylic acids is 1. The van der Waals surface area contributed by atoms with Gasteiger partial charge >= 0.3 is 6.09 Å². The van der Waals surface area contributed by atoms with Gasteiger partial charge in [-0.05, 0) is 28.1 Å². The third-order valence-electron chi connectivity index (χ3n) is 3.89. The van der Waals surface area contributed by atoms with E-state index >= 15 is 0 Å². The number of nitrogens with one attached hydrogen (secondary N) is 1. The van der Waals surface area contributed by atoms with Crippen molar-refractivity contribution in [3.63, 3.8) is 0 Å². The predicted molar refractivity (Wildman–Crippen MR) is 110 cm³/mol. The Morgan fingerprint density at radius 3 is 2.80 bits per heavy atom. The Bertz CT molecular complexity index is 1060. The SMILES string of the molecule is C#CCCOC(=O)Nc1cccc(CO/C=C(/c2ccccc2)c2nnnn2C)n1. The van der Waals surface area contributed by atoms with E-state index in [0.29, 0.717) is 23.8 Å². The molecule has 2 aromatic heterocycles. The third kappa shape index (κ3) is 5.65. The highest BCUT2D eigenvalue weighted by atomic mass is 16.5. The Hall–Kier alpha value is -4.19. The molecular formula is C21H20N6O3. The predicted octanol–water partition coefficient (Wildman–Crippen LogP) is 2.78. The maximum Gasteiger partial charge on any atom is 0.412 e. The molecule has 0 unspecified atom stereocenters. The lowest BCUT2D eigenvalue weighted by atomic mass is 10.1. The summed E-state index contributed by atoms with van der Waals surface area (Å²) in [6.45, 7) is 0.332. The minimum atomic E-state index is -0.614. The van der Waals surface area contributed by atoms with Gasteiger partial charge in [-0.15, -0.1) is 17.4 Å². The van der Waals surface area contributed by atoms with Gasteiger partial charge in [0.05, 0.1) is 17.5 Å². The van der Waals surface area contributed by atoms with Gasteiger partial charge in [0.2, 0.25) is 0 Å². The zero-order valence-electron chi connectivity index (χ0n) is 16.4. The summed E-state index contributed by atoms with van der Waals surface area (Å²) < 4.78 is 12.3. The van der Waals surface area contributed by atoms with Crippen molar-refractivity contribution in [3.8, 4) is 12.3 Å². The average molecular weight is 404 g/mol. The summed E-state index contributed by atoms with van der Waals surface area (Å²) in [5.41, 5.74) is 2.26. The van der Waals surface area contributed by atoms with Crippen molar-refractivity contribution < 1.29 is 14.3 Å². The van der Waals surface area contributed by atoms with E-state index in [1.807, 2.05) is 30.3 Å². The Morgan fingerprint density at radius 2 is 2.07 bits per heavy atom. The lowest BCUT2D eigenvalue weighted by molar-refractivity contribution is 0.164. The van der Waals surface area contributed by atoms with Gasteiger partial charge in [-0.2, -0.15) is 0 Å². The van der Waals surface area contributed by atoms with Crippen molar-refractivity contribution in [3.05, 3.63) is 71.9 Å². The second-order valence-electron chi connectivity index (χ2n) is 6.06. The second-order valence-corrected chi connectivity index (χ2v) is 6.06. The molecule has 30 heavy (non-hydrogen) atoms. The number of carbonyl (C=O) groups is 1. The summed E-state index contributed by atoms with van der Waals surface area (Å²) in [7, 11) is 1.76. The van der Waals surface area contributed by atoms with Crippen LogP contribution in [-0.4, -0.2) is 37.9 Å². The van der Waals surface area contributed by atoms with Gasteiger partial charge in [0.15, 0.2) is 5.82 Å². The maximum absolute atomic E-state index is 11.7. The molecule has 1 N–H and O–H groups in total. The molecule has 0 saturated heterocycles. The van der Waals surface area contributed by atoms with E-state index in [2.05, 4.69) is 31.7 Å². The lowest BCUT2D eigenvalue weighted by Gasteiger charge is -2.09. The monoisotopic (exact) mass is 404 g/mol. The van der Waals surface area contributed by atoms with Crippen molar-refractivity contribution in [1.29, 1.82) is 0 Å². The number of rotatable bonds is 8. The summed E-state index contributed by atoms with van der Waals surface area (Å²) in [6, 6.07) is 14.9. The first-order chi connectivity index (χ1) is 14.7. The van der Waals surface area contributed by atoms with E-state index in [0.717, 1.165) is 11.1 Å². The number of tetrazole rings is 1. The van der Waals surface area contributed by atoms with Gasteiger partial charge in [0.25, 0.3) is 0 Å². The molecule has 0 spiro atoms. The Morgan fingerprint density at radius 1 is 1.23 bits per heavy atom. The number of pyridine rings is 1. The molecule has 1 amide bonds. The van der Waals surface area contributed by atoms with Gasteiger partial charge in [0, 0.05) is 13.5 Å². The molecule has 3 rings (SSSR count). The number of terminal acetylenes is 1. The van der Waals surface area contributed by atoms with Crippen LogP contribution >= 0.6 is 0 Å². The number of hydrogen-bond acceptors (Lipinski definition) is 7. The molecule has 9 nitrogen and oxygen atoms in total. The summed E-state index contributed by atoms with van der Waals surface area (Å²) in [6.07, 6.45) is 6.46. The molecule has 0 atom stereocenters. The van der Waals surface area contributed by atoms with Crippen LogP contribution in [0.15, 0.2) is 54.8 Å². The van der Waals surface area contributed by atoms with E-state index in [9.17, 15) is 4.79 Å². The molecule has 0 radical (unpaired) electrons. The van der Waals surface area contributed by atoms with Gasteiger partial charge in [-0.25, -0.2) is 14.5 Å². The molecule has 0 aliphatic carbocycles. The first kappa shape index (κ1) is 20.5. The molecule has 152 valence electrons. The fraction of sp³-hybridized carbons (Fsp3) is 0.190. The molecule has 3 aromatic rings. The van der Waals surface area contributed by atoms with Crippen LogP contribution in [0.5, 0.6) is 0 Å². The first-order valence-electron chi connectivity index (χ1n) is 9.10. The topological polar surface area (TPSA) is 104 Å². The minimum Gasteiger partial charge on any atom is -0.494 e. The first-order valence-corrected chi connectivity index (χ1v) is 9.10. The molecule has 1 aromatic carbocycles. The number of amides is 1. The number of aromatic nitrogens is 5. The smallest absolute Gasteiger partial charge is 0.412 e. The summed E-state index contributed by atoms with van der Waals surface area (Å²) in [4.78, 5) is 16.1. The van der Waals surface area contributed by atoms with E-state index in [1.165, 1.54) is 0 Å². The van der Waals surface area contributed by atoms with E-state index in [4.69, 9.17) is 15.9 Å². The Labute approximate surface area is 173 Å². The molecule has 0 saturated carbocycles. The minimum absolute atomic E-state index is 0.148. The van der Waals surface area contributed by atoms with Gasteiger partial charge in [-0.1, -0.05) is 36.4 Å². The van der Waals surface area contributed by atoms with Crippen LogP contribution in [0.1, 0.15) is 23.5 Å². The van der Waals surface area contributed by atoms with E-state index < -0.39 is 6.09 Å². The molecule has 2 heterocycles. The summed E-state index contributed by atoms with van der Waals surface area (Å²) in [5, 5.41) is 14.2. The van der Waals surface area contributed by atoms with Crippen LogP contribution in [0.2, 0.25) is 0 Å². The quantitative estimate of drug-likeness (QED) is 0.350. The highest BCUT2D eigenvalue weighted by molar-refractivity contribution is 5.83. The highest BCUT2D eigenvalue weighted by Gasteiger charge is 2.12. The van der Waals surface area contributed by atoms with Crippen molar-refractivity contribution >= 4 is 17.5 Å². The zero-order valence-corrected chi connectivity index (χ0v) is 16.4. The van der Waals surface area contributed by atoms with Crippen LogP contribution in [0.3, 0.4) is 0 Å². The number of aryl methyl sites for hydroxylation is 1. The Kier molecular flexibility index (Phi) is 7.11. The van der Waals surface area contributed by atoms with Crippen LogP contribution in [0, 0.1) is 12.3 Å². The molecule has 0 bridgehead atoms. The number of anilines is 1. The van der Waals surface area contributed by atoms with Crippen molar-refractivity contribution in [2.75, 3.05) is 11.9 Å². The Balaban J connectivity index is 1.68. The highest BCUT2D eigenvalue weighted by Crippen LogP contribution is 2.21. The van der Waals surface area contributed by atoms with Crippen LogP contribution < -0.4 is 5.32 Å². The van der Waals surface area contributed by atoms with E-state index in [-0.39, 0.29) is 13.2 Å². The third-order valence-corrected chi connectivity index (χ3v) is 3.89. The largest absolute Gasteiger partial charge is 0.494 e. The number of benzene rings is 1. The standard InChI is InChI=1S/C21H20N6O3/c1-3-4-13-30-21(28)23-19-12-8-11-17(22-19)14-29-15-18(16-9-6-5-7-10-16)20-24-25-26-27(20)2/h1,5-12,15H,4,13-14H2,2H3,(H,22,23,28)/b18-15-. The summed E-state index contributed by atoms with van der Waals surface area (Å²) in [5.74, 6) is 3.32. The number of nitrogens with zero attached hydrogens (tertiary/aromatic N) is 5. The van der Waals surface area contributed by atoms with Crippen molar-refractivity contribution in [2.24, 2.45) is 7.05 Å². The fourth-order valence-corrected chi connectivity index (χ4v) is 2.51. The number of hydrogen-bond donors (Lipinski definition) is 1. The molecule has 0 fully saturated rings. The molecule has 0 aliphatic heterocycles. The fourth-order valence-electron chi connectivity index (χ4n) is 2.51. The lowest BCUT2D eigenvalue weighted by Crippen LogP contribution is -2.15. The normalized spacial score (nSPS) is 10.9. The van der Waals surface area contributed by atoms with Crippen molar-refractivity contribution in [2.45, 2.75) is 13.0 Å². The molecule has 9 heteroatoms. The summed E-state index contributed by atoms with van der Waals surface area (Å²) >= 11 is 0. The maximum atomic E-state index is 11.7.